The quantitative estimate of drug-likeness (QED) is 0.753. The molecule has 80 valence electrons. The van der Waals surface area contributed by atoms with Crippen molar-refractivity contribution in [3.63, 3.8) is 0 Å². The van der Waals surface area contributed by atoms with Gasteiger partial charge in [0.2, 0.25) is 0 Å². The SMILES string of the molecule is C=C(C(=O)O)C(CC)Oc1ccccc1. The monoisotopic (exact) mass is 206 g/mol. The predicted molar refractivity (Wildman–Crippen MR) is 57.9 cm³/mol. The van der Waals surface area contributed by atoms with Crippen LogP contribution in [0.25, 0.3) is 0 Å². The van der Waals surface area contributed by atoms with Gasteiger partial charge >= 0.3 is 5.97 Å². The van der Waals surface area contributed by atoms with Crippen LogP contribution in [-0.2, 0) is 4.79 Å². The van der Waals surface area contributed by atoms with Crippen molar-refractivity contribution in [1.82, 2.24) is 0 Å². The zero-order chi connectivity index (χ0) is 11.3. The molecular weight excluding hydrogens is 192 g/mol. The summed E-state index contributed by atoms with van der Waals surface area (Å²) in [5.41, 5.74) is 0.0846. The molecule has 0 aromatic heterocycles. The zero-order valence-corrected chi connectivity index (χ0v) is 8.64. The second kappa shape index (κ2) is 5.20. The molecule has 0 aliphatic heterocycles. The lowest BCUT2D eigenvalue weighted by atomic mass is 10.1. The maximum absolute atomic E-state index is 10.7. The van der Waals surface area contributed by atoms with Crippen LogP contribution in [0.2, 0.25) is 0 Å². The minimum atomic E-state index is -1.02. The average molecular weight is 206 g/mol. The van der Waals surface area contributed by atoms with Crippen molar-refractivity contribution < 1.29 is 14.6 Å². The van der Waals surface area contributed by atoms with Crippen LogP contribution in [0.5, 0.6) is 5.75 Å². The molecule has 3 heteroatoms. The minimum absolute atomic E-state index is 0.0846. The number of para-hydroxylation sites is 1. The molecule has 0 amide bonds. The minimum Gasteiger partial charge on any atom is -0.485 e. The summed E-state index contributed by atoms with van der Waals surface area (Å²) in [5, 5.41) is 8.78. The Morgan fingerprint density at radius 1 is 1.47 bits per heavy atom. The number of hydrogen-bond donors (Lipinski definition) is 1. The van der Waals surface area contributed by atoms with Crippen molar-refractivity contribution in [2.24, 2.45) is 0 Å². The zero-order valence-electron chi connectivity index (χ0n) is 8.64. The van der Waals surface area contributed by atoms with Crippen LogP contribution in [0.15, 0.2) is 42.5 Å². The lowest BCUT2D eigenvalue weighted by molar-refractivity contribution is -0.133. The molecule has 1 atom stereocenters. The van der Waals surface area contributed by atoms with Crippen molar-refractivity contribution in [3.05, 3.63) is 42.5 Å². The van der Waals surface area contributed by atoms with Gasteiger partial charge in [-0.05, 0) is 18.6 Å². The van der Waals surface area contributed by atoms with Crippen molar-refractivity contribution >= 4 is 5.97 Å². The Bertz CT molecular complexity index is 343. The maximum atomic E-state index is 10.7. The first kappa shape index (κ1) is 11.3. The highest BCUT2D eigenvalue weighted by Gasteiger charge is 2.17. The van der Waals surface area contributed by atoms with E-state index in [0.29, 0.717) is 12.2 Å². The smallest absolute Gasteiger partial charge is 0.334 e. The fraction of sp³-hybridized carbons (Fsp3) is 0.250. The third kappa shape index (κ3) is 3.13. The molecule has 1 aromatic carbocycles. The summed E-state index contributed by atoms with van der Waals surface area (Å²) in [4.78, 5) is 10.7. The molecule has 0 fully saturated rings. The number of aliphatic carboxylic acids is 1. The molecule has 0 saturated heterocycles. The van der Waals surface area contributed by atoms with Crippen molar-refractivity contribution in [2.45, 2.75) is 19.4 Å². The number of ether oxygens (including phenoxy) is 1. The van der Waals surface area contributed by atoms with Gasteiger partial charge in [-0.3, -0.25) is 0 Å². The lowest BCUT2D eigenvalue weighted by Crippen LogP contribution is -2.22. The van der Waals surface area contributed by atoms with Crippen LogP contribution in [0, 0.1) is 0 Å². The average Bonchev–Trinajstić information content (AvgIpc) is 2.26. The number of carbonyl (C=O) groups is 1. The fourth-order valence-corrected chi connectivity index (χ4v) is 1.20. The Labute approximate surface area is 89.0 Å². The summed E-state index contributed by atoms with van der Waals surface area (Å²) in [5.74, 6) is -0.357. The molecule has 1 unspecified atom stereocenters. The van der Waals surface area contributed by atoms with Crippen LogP contribution >= 0.6 is 0 Å². The standard InChI is InChI=1S/C12H14O3/c1-3-11(9(2)12(13)14)15-10-7-5-4-6-8-10/h4-8,11H,2-3H2,1H3,(H,13,14). The largest absolute Gasteiger partial charge is 0.485 e. The van der Waals surface area contributed by atoms with Gasteiger partial charge in [0, 0.05) is 0 Å². The van der Waals surface area contributed by atoms with Crippen molar-refractivity contribution in [1.29, 1.82) is 0 Å². The van der Waals surface area contributed by atoms with Gasteiger partial charge < -0.3 is 9.84 Å². The molecule has 0 heterocycles. The van der Waals surface area contributed by atoms with E-state index in [1.165, 1.54) is 0 Å². The molecule has 0 saturated carbocycles. The number of hydrogen-bond acceptors (Lipinski definition) is 2. The molecule has 0 radical (unpaired) electrons. The highest BCUT2D eigenvalue weighted by Crippen LogP contribution is 2.16. The van der Waals surface area contributed by atoms with Crippen LogP contribution < -0.4 is 4.74 Å². The van der Waals surface area contributed by atoms with E-state index in [9.17, 15) is 4.79 Å². The summed E-state index contributed by atoms with van der Waals surface area (Å²) in [6, 6.07) is 9.13. The third-order valence-corrected chi connectivity index (χ3v) is 2.06. The molecule has 1 aromatic rings. The second-order valence-electron chi connectivity index (χ2n) is 3.16. The van der Waals surface area contributed by atoms with Crippen LogP contribution in [0.1, 0.15) is 13.3 Å². The van der Waals surface area contributed by atoms with Crippen molar-refractivity contribution in [2.75, 3.05) is 0 Å². The van der Waals surface area contributed by atoms with E-state index in [0.717, 1.165) is 0 Å². The van der Waals surface area contributed by atoms with Crippen LogP contribution in [-0.4, -0.2) is 17.2 Å². The number of benzene rings is 1. The van der Waals surface area contributed by atoms with E-state index in [1.54, 1.807) is 12.1 Å². The van der Waals surface area contributed by atoms with Crippen molar-refractivity contribution in [3.8, 4) is 5.75 Å². The molecule has 0 aliphatic rings. The molecule has 0 bridgehead atoms. The summed E-state index contributed by atoms with van der Waals surface area (Å²) in [6.45, 7) is 5.36. The number of carboxylic acids is 1. The molecule has 3 nitrogen and oxygen atoms in total. The van der Waals surface area contributed by atoms with Gasteiger partial charge in [-0.1, -0.05) is 31.7 Å². The molecule has 1 rings (SSSR count). The van der Waals surface area contributed by atoms with Gasteiger partial charge in [0.15, 0.2) is 0 Å². The topological polar surface area (TPSA) is 46.5 Å². The summed E-state index contributed by atoms with van der Waals surface area (Å²) in [6.07, 6.45) is 0.116. The Kier molecular flexibility index (Phi) is 3.92. The summed E-state index contributed by atoms with van der Waals surface area (Å²) < 4.78 is 5.51. The Balaban J connectivity index is 2.70. The van der Waals surface area contributed by atoms with E-state index in [1.807, 2.05) is 25.1 Å². The first-order valence-corrected chi connectivity index (χ1v) is 4.79. The van der Waals surface area contributed by atoms with E-state index in [-0.39, 0.29) is 5.57 Å². The molecule has 0 spiro atoms. The molecule has 0 aliphatic carbocycles. The first-order chi connectivity index (χ1) is 7.15. The lowest BCUT2D eigenvalue weighted by Gasteiger charge is -2.17. The predicted octanol–water partition coefficient (Wildman–Crippen LogP) is 2.48. The van der Waals surface area contributed by atoms with Gasteiger partial charge in [0.05, 0.1) is 5.57 Å². The van der Waals surface area contributed by atoms with E-state index >= 15 is 0 Å². The number of rotatable bonds is 5. The van der Waals surface area contributed by atoms with E-state index in [2.05, 4.69) is 6.58 Å². The van der Waals surface area contributed by atoms with Gasteiger partial charge in [-0.15, -0.1) is 0 Å². The molecule has 1 N–H and O–H groups in total. The van der Waals surface area contributed by atoms with Gasteiger partial charge in [-0.25, -0.2) is 4.79 Å². The maximum Gasteiger partial charge on any atom is 0.334 e. The Hall–Kier alpha value is -1.77. The highest BCUT2D eigenvalue weighted by atomic mass is 16.5. The first-order valence-electron chi connectivity index (χ1n) is 4.79. The highest BCUT2D eigenvalue weighted by molar-refractivity contribution is 5.87. The van der Waals surface area contributed by atoms with E-state index in [4.69, 9.17) is 9.84 Å². The molecule has 15 heavy (non-hydrogen) atoms. The Morgan fingerprint density at radius 3 is 2.53 bits per heavy atom. The summed E-state index contributed by atoms with van der Waals surface area (Å²) >= 11 is 0. The summed E-state index contributed by atoms with van der Waals surface area (Å²) in [7, 11) is 0. The van der Waals surface area contributed by atoms with Gasteiger partial charge in [0.1, 0.15) is 11.9 Å². The van der Waals surface area contributed by atoms with Gasteiger partial charge in [-0.2, -0.15) is 0 Å². The van der Waals surface area contributed by atoms with Crippen LogP contribution in [0.3, 0.4) is 0 Å². The fourth-order valence-electron chi connectivity index (χ4n) is 1.20. The number of carboxylic acid groups (broad SMARTS) is 1. The normalized spacial score (nSPS) is 11.8. The van der Waals surface area contributed by atoms with E-state index < -0.39 is 12.1 Å². The Morgan fingerprint density at radius 2 is 2.07 bits per heavy atom. The molecular formula is C12H14O3. The van der Waals surface area contributed by atoms with Crippen LogP contribution in [0.4, 0.5) is 0 Å². The van der Waals surface area contributed by atoms with Gasteiger partial charge in [0.25, 0.3) is 0 Å². The third-order valence-electron chi connectivity index (χ3n) is 2.06. The second-order valence-corrected chi connectivity index (χ2v) is 3.16.